The summed E-state index contributed by atoms with van der Waals surface area (Å²) in [5.74, 6) is 2.22. The van der Waals surface area contributed by atoms with Crippen LogP contribution < -0.4 is 0 Å². The van der Waals surface area contributed by atoms with Gasteiger partial charge in [-0.1, -0.05) is 22.9 Å². The minimum absolute atomic E-state index is 0.0387. The van der Waals surface area contributed by atoms with Crippen molar-refractivity contribution in [2.45, 2.75) is 81.9 Å². The second-order valence-electron chi connectivity index (χ2n) is 9.37. The van der Waals surface area contributed by atoms with Crippen molar-refractivity contribution in [1.82, 2.24) is 0 Å². The molecule has 25 heavy (non-hydrogen) atoms. The highest BCUT2D eigenvalue weighted by atomic mass is 79.9. The molecule has 142 valence electrons. The van der Waals surface area contributed by atoms with Crippen LogP contribution in [0.25, 0.3) is 0 Å². The van der Waals surface area contributed by atoms with E-state index < -0.39 is 0 Å². The highest BCUT2D eigenvalue weighted by molar-refractivity contribution is 9.09. The number of carbonyl (C=O) groups is 1. The van der Waals surface area contributed by atoms with Crippen molar-refractivity contribution in [3.63, 3.8) is 0 Å². The Morgan fingerprint density at radius 2 is 1.88 bits per heavy atom. The van der Waals surface area contributed by atoms with E-state index in [4.69, 9.17) is 4.74 Å². The number of carbonyl (C=O) groups excluding carboxylic acids is 1. The van der Waals surface area contributed by atoms with Gasteiger partial charge in [-0.3, -0.25) is 4.79 Å². The molecule has 0 aliphatic heterocycles. The molecular weight excluding hydrogens is 384 g/mol. The van der Waals surface area contributed by atoms with Gasteiger partial charge in [-0.15, -0.1) is 0 Å². The topological polar surface area (TPSA) is 66.8 Å². The van der Waals surface area contributed by atoms with Crippen LogP contribution >= 0.6 is 15.9 Å². The Morgan fingerprint density at radius 3 is 2.60 bits per heavy atom. The lowest BCUT2D eigenvalue weighted by atomic mass is 9.49. The maximum Gasteiger partial charge on any atom is 0.302 e. The average Bonchev–Trinajstić information content (AvgIpc) is 2.78. The summed E-state index contributed by atoms with van der Waals surface area (Å²) in [6.07, 6.45) is 6.34. The molecular formula is C20H31BrO4. The number of fused-ring (bicyclic) bond motifs is 5. The monoisotopic (exact) mass is 414 g/mol. The number of hydrogen-bond donors (Lipinski definition) is 2. The molecule has 2 N–H and O–H groups in total. The van der Waals surface area contributed by atoms with Crippen LogP contribution in [0.2, 0.25) is 0 Å². The lowest BCUT2D eigenvalue weighted by molar-refractivity contribution is -0.165. The molecule has 4 rings (SSSR count). The van der Waals surface area contributed by atoms with Crippen molar-refractivity contribution in [1.29, 1.82) is 0 Å². The van der Waals surface area contributed by atoms with E-state index in [9.17, 15) is 15.0 Å². The molecule has 4 aliphatic rings. The number of ether oxygens (including phenoxy) is 1. The SMILES string of the molecule is CC(=O)O[C@H]1[C@H](Br)CC2C3C(CC[C@@]21C)[C@H]1CC[C@H](O)CC1C[C@@H]3O. The van der Waals surface area contributed by atoms with Crippen LogP contribution in [-0.4, -0.2) is 39.3 Å². The molecule has 10 atom stereocenters. The Hall–Kier alpha value is -0.130. The van der Waals surface area contributed by atoms with E-state index in [2.05, 4.69) is 22.9 Å². The summed E-state index contributed by atoms with van der Waals surface area (Å²) >= 11 is 3.78. The van der Waals surface area contributed by atoms with Gasteiger partial charge in [0.25, 0.3) is 0 Å². The van der Waals surface area contributed by atoms with Crippen molar-refractivity contribution in [2.75, 3.05) is 0 Å². The first-order valence-corrected chi connectivity index (χ1v) is 10.9. The van der Waals surface area contributed by atoms with Crippen LogP contribution in [0.4, 0.5) is 0 Å². The Labute approximate surface area is 158 Å². The molecule has 5 heteroatoms. The molecule has 0 aromatic rings. The number of hydrogen-bond acceptors (Lipinski definition) is 4. The average molecular weight is 415 g/mol. The third-order valence-electron chi connectivity index (χ3n) is 8.12. The van der Waals surface area contributed by atoms with Gasteiger partial charge in [0.2, 0.25) is 0 Å². The molecule has 4 saturated carbocycles. The molecule has 0 aromatic heterocycles. The zero-order chi connectivity index (χ0) is 17.9. The molecule has 4 fully saturated rings. The minimum atomic E-state index is -0.281. The van der Waals surface area contributed by atoms with Crippen molar-refractivity contribution in [2.24, 2.45) is 35.0 Å². The van der Waals surface area contributed by atoms with E-state index in [-0.39, 0.29) is 34.5 Å². The Bertz CT molecular complexity index is 540. The van der Waals surface area contributed by atoms with Crippen molar-refractivity contribution >= 4 is 21.9 Å². The van der Waals surface area contributed by atoms with Gasteiger partial charge < -0.3 is 14.9 Å². The van der Waals surface area contributed by atoms with Gasteiger partial charge >= 0.3 is 5.97 Å². The summed E-state index contributed by atoms with van der Waals surface area (Å²) in [5, 5.41) is 21.1. The highest BCUT2D eigenvalue weighted by Crippen LogP contribution is 2.63. The Kier molecular flexibility index (Phi) is 4.73. The second-order valence-corrected chi connectivity index (χ2v) is 10.5. The molecule has 0 aromatic carbocycles. The van der Waals surface area contributed by atoms with Crippen molar-refractivity contribution in [3.05, 3.63) is 0 Å². The first-order chi connectivity index (χ1) is 11.8. The summed E-state index contributed by atoms with van der Waals surface area (Å²) in [6.45, 7) is 3.77. The van der Waals surface area contributed by atoms with Gasteiger partial charge in [-0.25, -0.2) is 0 Å². The summed E-state index contributed by atoms with van der Waals surface area (Å²) in [5.41, 5.74) is -0.0387. The van der Waals surface area contributed by atoms with Crippen LogP contribution in [0.3, 0.4) is 0 Å². The van der Waals surface area contributed by atoms with E-state index in [0.717, 1.165) is 44.9 Å². The fraction of sp³-hybridized carbons (Fsp3) is 0.950. The van der Waals surface area contributed by atoms with E-state index in [1.165, 1.54) is 6.92 Å². The normalized spacial score (nSPS) is 55.0. The Morgan fingerprint density at radius 1 is 1.12 bits per heavy atom. The first-order valence-electron chi connectivity index (χ1n) is 9.98. The summed E-state index contributed by atoms with van der Waals surface area (Å²) < 4.78 is 5.73. The number of aliphatic hydroxyl groups excluding tert-OH is 2. The van der Waals surface area contributed by atoms with Gasteiger partial charge in [0.1, 0.15) is 6.10 Å². The number of aliphatic hydroxyl groups is 2. The number of rotatable bonds is 1. The van der Waals surface area contributed by atoms with E-state index in [1.807, 2.05) is 0 Å². The van der Waals surface area contributed by atoms with Crippen LogP contribution in [0.5, 0.6) is 0 Å². The highest BCUT2D eigenvalue weighted by Gasteiger charge is 2.62. The van der Waals surface area contributed by atoms with E-state index >= 15 is 0 Å². The quantitative estimate of drug-likeness (QED) is 0.510. The number of alkyl halides is 1. The Balaban J connectivity index is 1.60. The summed E-state index contributed by atoms with van der Waals surface area (Å²) in [7, 11) is 0. The second kappa shape index (κ2) is 6.49. The molecule has 0 radical (unpaired) electrons. The van der Waals surface area contributed by atoms with Gasteiger partial charge in [-0.2, -0.15) is 0 Å². The van der Waals surface area contributed by atoms with Gasteiger partial charge in [0.15, 0.2) is 0 Å². The third-order valence-corrected chi connectivity index (χ3v) is 8.98. The standard InChI is InChI=1S/C20H31BrO4/c1-10(22)25-19-16(21)9-15-18-14(5-6-20(15,19)2)13-4-3-12(23)7-11(13)8-17(18)24/h11-19,23-24H,3-9H2,1-2H3/t11?,12-,13-,14?,15?,16+,17-,18?,19-,20-/m0/s1. The largest absolute Gasteiger partial charge is 0.461 e. The molecule has 0 spiro atoms. The van der Waals surface area contributed by atoms with Gasteiger partial charge in [0.05, 0.1) is 17.0 Å². The summed E-state index contributed by atoms with van der Waals surface area (Å²) in [4.78, 5) is 11.8. The lowest BCUT2D eigenvalue weighted by Gasteiger charge is -2.57. The fourth-order valence-electron chi connectivity index (χ4n) is 7.16. The fourth-order valence-corrected chi connectivity index (χ4v) is 8.27. The van der Waals surface area contributed by atoms with Crippen LogP contribution in [0.1, 0.15) is 58.8 Å². The van der Waals surface area contributed by atoms with Gasteiger partial charge in [0, 0.05) is 12.3 Å². The van der Waals surface area contributed by atoms with E-state index in [1.54, 1.807) is 0 Å². The lowest BCUT2D eigenvalue weighted by Crippen LogP contribution is -2.55. The van der Waals surface area contributed by atoms with E-state index in [0.29, 0.717) is 29.6 Å². The van der Waals surface area contributed by atoms with Crippen molar-refractivity contribution in [3.8, 4) is 0 Å². The zero-order valence-corrected chi connectivity index (χ0v) is 16.8. The molecule has 0 amide bonds. The maximum atomic E-state index is 11.6. The number of esters is 1. The molecule has 0 bridgehead atoms. The zero-order valence-electron chi connectivity index (χ0n) is 15.2. The molecule has 4 aliphatic carbocycles. The van der Waals surface area contributed by atoms with Crippen molar-refractivity contribution < 1.29 is 19.7 Å². The van der Waals surface area contributed by atoms with Crippen LogP contribution in [-0.2, 0) is 9.53 Å². The molecule has 0 saturated heterocycles. The van der Waals surface area contributed by atoms with Crippen LogP contribution in [0, 0.1) is 35.0 Å². The smallest absolute Gasteiger partial charge is 0.302 e. The predicted octanol–water partition coefficient (Wildman–Crippen LogP) is 3.28. The summed E-state index contributed by atoms with van der Waals surface area (Å²) in [6, 6.07) is 0. The number of halogens is 1. The molecule has 4 nitrogen and oxygen atoms in total. The molecule has 4 unspecified atom stereocenters. The third kappa shape index (κ3) is 2.89. The maximum absolute atomic E-state index is 11.6. The van der Waals surface area contributed by atoms with Crippen LogP contribution in [0.15, 0.2) is 0 Å². The minimum Gasteiger partial charge on any atom is -0.461 e. The first kappa shape index (κ1) is 18.2. The predicted molar refractivity (Wildman–Crippen MR) is 98.2 cm³/mol. The molecule has 0 heterocycles. The van der Waals surface area contributed by atoms with Gasteiger partial charge in [-0.05, 0) is 74.5 Å².